The third kappa shape index (κ3) is 7.52. The van der Waals surface area contributed by atoms with Gasteiger partial charge < -0.3 is 0 Å². The largest absolute Gasteiger partial charge is 0.285 e. The quantitative estimate of drug-likeness (QED) is 0.420. The zero-order valence-corrected chi connectivity index (χ0v) is 8.23. The van der Waals surface area contributed by atoms with E-state index in [0.29, 0.717) is 5.57 Å². The topological polar surface area (TPSA) is 17.1 Å². The summed E-state index contributed by atoms with van der Waals surface area (Å²) in [6, 6.07) is 0. The highest BCUT2D eigenvalue weighted by molar-refractivity contribution is 5.72. The molecule has 0 aromatic heterocycles. The van der Waals surface area contributed by atoms with Crippen LogP contribution in [0, 0.1) is 5.92 Å². The van der Waals surface area contributed by atoms with Crippen LogP contribution in [0.3, 0.4) is 0 Å². The van der Waals surface area contributed by atoms with Crippen molar-refractivity contribution in [2.45, 2.75) is 46.0 Å². The number of hydrogen-bond donors (Lipinski definition) is 0. The van der Waals surface area contributed by atoms with Gasteiger partial charge in [0.05, 0.1) is 0 Å². The number of rotatable bonds is 7. The molecule has 0 amide bonds. The van der Waals surface area contributed by atoms with Gasteiger partial charge in [0.15, 0.2) is 0 Å². The van der Waals surface area contributed by atoms with E-state index in [-0.39, 0.29) is 0 Å². The number of hydrogen-bond acceptors (Lipinski definition) is 1. The average Bonchev–Trinajstić information content (AvgIpc) is 2.03. The Hall–Kier alpha value is -0.590. The summed E-state index contributed by atoms with van der Waals surface area (Å²) >= 11 is 0. The van der Waals surface area contributed by atoms with Crippen LogP contribution >= 0.6 is 0 Å². The minimum Gasteiger partial charge on any atom is -0.285 e. The first-order valence-corrected chi connectivity index (χ1v) is 4.72. The first-order chi connectivity index (χ1) is 5.66. The summed E-state index contributed by atoms with van der Waals surface area (Å²) in [7, 11) is 0. The fourth-order valence-electron chi connectivity index (χ4n) is 1.12. The molecule has 1 radical (unpaired) electrons. The average molecular weight is 167 g/mol. The van der Waals surface area contributed by atoms with Crippen LogP contribution in [0.2, 0.25) is 0 Å². The summed E-state index contributed by atoms with van der Waals surface area (Å²) in [4.78, 5) is 10.1. The van der Waals surface area contributed by atoms with E-state index in [2.05, 4.69) is 20.4 Å². The molecule has 0 heterocycles. The molecule has 0 spiro atoms. The summed E-state index contributed by atoms with van der Waals surface area (Å²) < 4.78 is 0. The smallest absolute Gasteiger partial charge is 0.228 e. The lowest BCUT2D eigenvalue weighted by atomic mass is 10.0. The second-order valence-electron chi connectivity index (χ2n) is 3.70. The van der Waals surface area contributed by atoms with Crippen LogP contribution < -0.4 is 0 Å². The molecule has 1 heteroatoms. The molecule has 0 N–H and O–H groups in total. The van der Waals surface area contributed by atoms with E-state index in [0.717, 1.165) is 18.8 Å². The first-order valence-electron chi connectivity index (χ1n) is 4.72. The molecule has 0 unspecified atom stereocenters. The third-order valence-corrected chi connectivity index (χ3v) is 1.90. The van der Waals surface area contributed by atoms with Crippen LogP contribution in [0.1, 0.15) is 46.0 Å². The second kappa shape index (κ2) is 7.08. The number of carbonyl (C=O) groups excluding carboxylic acids is 1. The minimum atomic E-state index is 0.611. The lowest BCUT2D eigenvalue weighted by Gasteiger charge is -2.03. The molecule has 69 valence electrons. The molecule has 0 aromatic rings. The highest BCUT2D eigenvalue weighted by Gasteiger charge is 1.95. The Morgan fingerprint density at radius 3 is 2.50 bits per heavy atom. The van der Waals surface area contributed by atoms with Gasteiger partial charge in [0.25, 0.3) is 0 Å². The van der Waals surface area contributed by atoms with Gasteiger partial charge in [0.1, 0.15) is 0 Å². The molecular weight excluding hydrogens is 148 g/mol. The maximum Gasteiger partial charge on any atom is 0.228 e. The van der Waals surface area contributed by atoms with Crippen LogP contribution in [-0.2, 0) is 4.79 Å². The lowest BCUT2D eigenvalue weighted by molar-refractivity contribution is 0.525. The molecule has 0 fully saturated rings. The highest BCUT2D eigenvalue weighted by Crippen LogP contribution is 2.11. The standard InChI is InChI=1S/C11H19O/c1-10(2)7-5-4-6-8-11(3)9-12/h10H,3-8H2,1-2H3. The van der Waals surface area contributed by atoms with Gasteiger partial charge in [-0.1, -0.05) is 39.7 Å². The predicted molar refractivity (Wildman–Crippen MR) is 52.8 cm³/mol. The molecule has 0 atom stereocenters. The van der Waals surface area contributed by atoms with Gasteiger partial charge in [-0.2, -0.15) is 0 Å². The Labute approximate surface area is 75.9 Å². The summed E-state index contributed by atoms with van der Waals surface area (Å²) in [5, 5.41) is 0. The van der Waals surface area contributed by atoms with Gasteiger partial charge >= 0.3 is 0 Å². The Bertz CT molecular complexity index is 136. The van der Waals surface area contributed by atoms with E-state index < -0.39 is 0 Å². The van der Waals surface area contributed by atoms with E-state index >= 15 is 0 Å². The minimum absolute atomic E-state index is 0.611. The van der Waals surface area contributed by atoms with E-state index in [9.17, 15) is 4.79 Å². The highest BCUT2D eigenvalue weighted by atomic mass is 16.1. The molecule has 0 bridgehead atoms. The van der Waals surface area contributed by atoms with Crippen LogP contribution in [0.4, 0.5) is 0 Å². The molecular formula is C11H19O. The molecule has 1 nitrogen and oxygen atoms in total. The van der Waals surface area contributed by atoms with Crippen molar-refractivity contribution in [1.29, 1.82) is 0 Å². The first kappa shape index (κ1) is 11.4. The van der Waals surface area contributed by atoms with Crippen molar-refractivity contribution in [3.8, 4) is 0 Å². The van der Waals surface area contributed by atoms with Crippen LogP contribution in [-0.4, -0.2) is 6.29 Å². The van der Waals surface area contributed by atoms with Gasteiger partial charge in [-0.25, -0.2) is 0 Å². The molecule has 12 heavy (non-hydrogen) atoms. The van der Waals surface area contributed by atoms with E-state index in [4.69, 9.17) is 0 Å². The van der Waals surface area contributed by atoms with Crippen molar-refractivity contribution in [2.75, 3.05) is 0 Å². The van der Waals surface area contributed by atoms with Gasteiger partial charge in [0.2, 0.25) is 6.29 Å². The Kier molecular flexibility index (Phi) is 6.73. The van der Waals surface area contributed by atoms with Crippen molar-refractivity contribution in [2.24, 2.45) is 5.92 Å². The van der Waals surface area contributed by atoms with Crippen molar-refractivity contribution in [1.82, 2.24) is 0 Å². The summed E-state index contributed by atoms with van der Waals surface area (Å²) in [6.07, 6.45) is 7.49. The zero-order valence-electron chi connectivity index (χ0n) is 8.23. The summed E-state index contributed by atoms with van der Waals surface area (Å²) in [6.45, 7) is 8.05. The predicted octanol–water partition coefficient (Wildman–Crippen LogP) is 3.26. The molecule has 0 rings (SSSR count). The molecule has 0 aliphatic carbocycles. The number of allylic oxidation sites excluding steroid dienone is 1. The second-order valence-corrected chi connectivity index (χ2v) is 3.70. The molecule has 0 aliphatic heterocycles. The monoisotopic (exact) mass is 167 g/mol. The SMILES string of the molecule is C=C([C]=O)CCCCCC(C)C. The van der Waals surface area contributed by atoms with Crippen molar-refractivity contribution >= 4 is 6.29 Å². The maximum absolute atomic E-state index is 10.1. The van der Waals surface area contributed by atoms with Gasteiger partial charge in [-0.3, -0.25) is 4.79 Å². The Morgan fingerprint density at radius 1 is 1.33 bits per heavy atom. The van der Waals surface area contributed by atoms with E-state index in [1.165, 1.54) is 19.3 Å². The molecule has 0 aliphatic rings. The zero-order chi connectivity index (χ0) is 9.40. The van der Waals surface area contributed by atoms with Crippen molar-refractivity contribution in [3.05, 3.63) is 12.2 Å². The third-order valence-electron chi connectivity index (χ3n) is 1.90. The van der Waals surface area contributed by atoms with Gasteiger partial charge in [0, 0.05) is 0 Å². The van der Waals surface area contributed by atoms with Crippen LogP contribution in [0.15, 0.2) is 12.2 Å². The molecule has 0 aromatic carbocycles. The number of unbranched alkanes of at least 4 members (excludes halogenated alkanes) is 2. The van der Waals surface area contributed by atoms with Crippen LogP contribution in [0.25, 0.3) is 0 Å². The van der Waals surface area contributed by atoms with E-state index in [1.54, 1.807) is 0 Å². The van der Waals surface area contributed by atoms with Gasteiger partial charge in [-0.05, 0) is 24.3 Å². The van der Waals surface area contributed by atoms with Crippen LogP contribution in [0.5, 0.6) is 0 Å². The molecule has 0 saturated carbocycles. The van der Waals surface area contributed by atoms with Crippen molar-refractivity contribution < 1.29 is 4.79 Å². The molecule has 0 saturated heterocycles. The Balaban J connectivity index is 3.11. The lowest BCUT2D eigenvalue weighted by Crippen LogP contribution is -1.88. The van der Waals surface area contributed by atoms with Crippen molar-refractivity contribution in [3.63, 3.8) is 0 Å². The van der Waals surface area contributed by atoms with E-state index in [1.807, 2.05) is 6.29 Å². The Morgan fingerprint density at radius 2 is 2.00 bits per heavy atom. The summed E-state index contributed by atoms with van der Waals surface area (Å²) in [5.74, 6) is 0.797. The maximum atomic E-state index is 10.1. The fraction of sp³-hybridized carbons (Fsp3) is 0.727. The normalized spacial score (nSPS) is 10.2. The summed E-state index contributed by atoms with van der Waals surface area (Å²) in [5.41, 5.74) is 0.611. The van der Waals surface area contributed by atoms with Gasteiger partial charge in [-0.15, -0.1) is 0 Å². The fourth-order valence-corrected chi connectivity index (χ4v) is 1.12.